The van der Waals surface area contributed by atoms with Gasteiger partial charge in [0.05, 0.1) is 11.4 Å². The number of fused-ring (bicyclic) bond motifs is 1. The lowest BCUT2D eigenvalue weighted by Crippen LogP contribution is -2.30. The fourth-order valence-electron chi connectivity index (χ4n) is 2.75. The van der Waals surface area contributed by atoms with E-state index in [9.17, 15) is 4.79 Å². The number of carbonyl (C=O) groups excluding carboxylic acids is 1. The lowest BCUT2D eigenvalue weighted by molar-refractivity contribution is -0.112. The predicted octanol–water partition coefficient (Wildman–Crippen LogP) is 4.48. The Morgan fingerprint density at radius 1 is 1.20 bits per heavy atom. The molecule has 1 amide bonds. The van der Waals surface area contributed by atoms with Gasteiger partial charge in [-0.15, -0.1) is 11.7 Å². The Kier molecular flexibility index (Phi) is 5.10. The van der Waals surface area contributed by atoms with E-state index < -0.39 is 0 Å². The molecule has 0 saturated heterocycles. The van der Waals surface area contributed by atoms with Crippen molar-refractivity contribution in [2.45, 2.75) is 13.3 Å². The molecule has 5 heteroatoms. The van der Waals surface area contributed by atoms with Gasteiger partial charge in [0.15, 0.2) is 5.71 Å². The van der Waals surface area contributed by atoms with E-state index in [2.05, 4.69) is 16.8 Å². The van der Waals surface area contributed by atoms with Crippen LogP contribution in [-0.4, -0.2) is 23.9 Å². The fourth-order valence-corrected chi connectivity index (χ4v) is 2.88. The summed E-state index contributed by atoms with van der Waals surface area (Å²) in [6.45, 7) is 6.16. The number of amides is 1. The van der Waals surface area contributed by atoms with Crippen LogP contribution in [0.1, 0.15) is 24.5 Å². The van der Waals surface area contributed by atoms with Crippen molar-refractivity contribution in [2.24, 2.45) is 10.2 Å². The third kappa shape index (κ3) is 3.39. The largest absolute Gasteiger partial charge is 0.302 e. The van der Waals surface area contributed by atoms with Crippen molar-refractivity contribution in [3.05, 3.63) is 77.3 Å². The summed E-state index contributed by atoms with van der Waals surface area (Å²) in [5, 5.41) is 9.32. The maximum absolute atomic E-state index is 12.7. The molecule has 0 N–H and O–H groups in total. The number of halogens is 1. The Hall–Kier alpha value is -2.72. The number of anilines is 1. The van der Waals surface area contributed by atoms with E-state index in [1.807, 2.05) is 55.5 Å². The summed E-state index contributed by atoms with van der Waals surface area (Å²) in [5.74, 6) is -0.156. The first-order valence-electron chi connectivity index (χ1n) is 8.08. The van der Waals surface area contributed by atoms with Gasteiger partial charge in [0, 0.05) is 17.1 Å². The molecule has 0 aliphatic carbocycles. The van der Waals surface area contributed by atoms with Gasteiger partial charge in [0.2, 0.25) is 0 Å². The highest BCUT2D eigenvalue weighted by Crippen LogP contribution is 2.29. The molecule has 0 atom stereocenters. The average Bonchev–Trinajstić information content (AvgIpc) is 2.90. The third-order valence-corrected chi connectivity index (χ3v) is 4.24. The molecule has 0 fully saturated rings. The monoisotopic (exact) mass is 351 g/mol. The first kappa shape index (κ1) is 17.1. The maximum atomic E-state index is 12.7. The van der Waals surface area contributed by atoms with Crippen molar-refractivity contribution >= 4 is 34.6 Å². The van der Waals surface area contributed by atoms with Crippen LogP contribution >= 0.6 is 11.6 Å². The molecule has 0 spiro atoms. The van der Waals surface area contributed by atoms with E-state index in [1.54, 1.807) is 11.0 Å². The second-order valence-corrected chi connectivity index (χ2v) is 6.01. The van der Waals surface area contributed by atoms with E-state index in [-0.39, 0.29) is 5.91 Å². The Morgan fingerprint density at radius 3 is 2.60 bits per heavy atom. The van der Waals surface area contributed by atoms with Crippen LogP contribution in [0, 0.1) is 0 Å². The minimum absolute atomic E-state index is 0.156. The van der Waals surface area contributed by atoms with Crippen molar-refractivity contribution < 1.29 is 4.79 Å². The van der Waals surface area contributed by atoms with Gasteiger partial charge in [0.1, 0.15) is 0 Å². The van der Waals surface area contributed by atoms with Gasteiger partial charge in [-0.2, -0.15) is 5.10 Å². The molecular weight excluding hydrogens is 334 g/mol. The topological polar surface area (TPSA) is 45.0 Å². The highest BCUT2D eigenvalue weighted by molar-refractivity contribution is 6.54. The number of rotatable bonds is 5. The van der Waals surface area contributed by atoms with Crippen molar-refractivity contribution in [1.82, 2.24) is 0 Å². The third-order valence-electron chi connectivity index (χ3n) is 3.99. The summed E-state index contributed by atoms with van der Waals surface area (Å²) in [6, 6.07) is 15.0. The minimum atomic E-state index is -0.156. The van der Waals surface area contributed by atoms with E-state index in [1.165, 1.54) is 0 Å². The van der Waals surface area contributed by atoms with Crippen LogP contribution in [0.4, 0.5) is 5.69 Å². The normalized spacial score (nSPS) is 15.6. The van der Waals surface area contributed by atoms with Crippen molar-refractivity contribution in [2.75, 3.05) is 11.4 Å². The molecule has 2 aromatic carbocycles. The van der Waals surface area contributed by atoms with Crippen LogP contribution in [0.3, 0.4) is 0 Å². The molecule has 25 heavy (non-hydrogen) atoms. The lowest BCUT2D eigenvalue weighted by atomic mass is 10.1. The van der Waals surface area contributed by atoms with Crippen molar-refractivity contribution in [3.63, 3.8) is 0 Å². The number of carbonyl (C=O) groups is 1. The van der Waals surface area contributed by atoms with Crippen LogP contribution < -0.4 is 4.90 Å². The number of nitrogens with zero attached hydrogens (tertiary/aromatic N) is 3. The SMILES string of the molecule is C=CCN1C(=O)/C(=N\N=C(\CC)c2ccc(Cl)cc2)c2ccccc21. The molecule has 4 nitrogen and oxygen atoms in total. The van der Waals surface area contributed by atoms with Gasteiger partial charge in [-0.3, -0.25) is 4.79 Å². The summed E-state index contributed by atoms with van der Waals surface area (Å²) in [7, 11) is 0. The molecule has 0 bridgehead atoms. The number of hydrogen-bond acceptors (Lipinski definition) is 3. The Balaban J connectivity index is 2.01. The summed E-state index contributed by atoms with van der Waals surface area (Å²) in [5.41, 5.74) is 3.74. The Labute approximate surface area is 152 Å². The van der Waals surface area contributed by atoms with E-state index in [0.29, 0.717) is 23.7 Å². The van der Waals surface area contributed by atoms with Gasteiger partial charge < -0.3 is 4.90 Å². The zero-order chi connectivity index (χ0) is 17.8. The Morgan fingerprint density at radius 2 is 1.92 bits per heavy atom. The van der Waals surface area contributed by atoms with Gasteiger partial charge in [-0.05, 0) is 30.2 Å². The zero-order valence-electron chi connectivity index (χ0n) is 13.9. The van der Waals surface area contributed by atoms with Crippen LogP contribution in [0.2, 0.25) is 5.02 Å². The zero-order valence-corrected chi connectivity index (χ0v) is 14.7. The number of para-hydroxylation sites is 1. The second-order valence-electron chi connectivity index (χ2n) is 5.58. The maximum Gasteiger partial charge on any atom is 0.279 e. The van der Waals surface area contributed by atoms with Gasteiger partial charge in [-0.25, -0.2) is 0 Å². The van der Waals surface area contributed by atoms with Crippen molar-refractivity contribution in [1.29, 1.82) is 0 Å². The Bertz CT molecular complexity index is 869. The van der Waals surface area contributed by atoms with Crippen LogP contribution in [0.15, 0.2) is 71.4 Å². The summed E-state index contributed by atoms with van der Waals surface area (Å²) in [6.07, 6.45) is 2.40. The molecule has 0 unspecified atom stereocenters. The van der Waals surface area contributed by atoms with Crippen LogP contribution in [0.5, 0.6) is 0 Å². The first-order valence-corrected chi connectivity index (χ1v) is 8.46. The summed E-state index contributed by atoms with van der Waals surface area (Å²) >= 11 is 5.94. The molecule has 2 aromatic rings. The smallest absolute Gasteiger partial charge is 0.279 e. The lowest BCUT2D eigenvalue weighted by Gasteiger charge is -2.13. The molecule has 1 aliphatic rings. The molecule has 0 saturated carbocycles. The molecule has 0 radical (unpaired) electrons. The van der Waals surface area contributed by atoms with Gasteiger partial charge in [0.25, 0.3) is 5.91 Å². The standard InChI is InChI=1S/C20H18ClN3O/c1-3-13-24-18-8-6-5-7-16(18)19(20(24)25)23-22-17(4-2)14-9-11-15(21)12-10-14/h3,5-12H,1,4,13H2,2H3/b22-17-,23-19-. The summed E-state index contributed by atoms with van der Waals surface area (Å²) < 4.78 is 0. The minimum Gasteiger partial charge on any atom is -0.302 e. The molecule has 1 heterocycles. The molecule has 3 rings (SSSR count). The second kappa shape index (κ2) is 7.45. The first-order chi connectivity index (χ1) is 12.2. The molecule has 0 aromatic heterocycles. The number of hydrogen-bond donors (Lipinski definition) is 0. The van der Waals surface area contributed by atoms with E-state index >= 15 is 0 Å². The van der Waals surface area contributed by atoms with E-state index in [0.717, 1.165) is 22.5 Å². The highest BCUT2D eigenvalue weighted by atomic mass is 35.5. The number of benzene rings is 2. The van der Waals surface area contributed by atoms with Gasteiger partial charge >= 0.3 is 0 Å². The molecular formula is C20H18ClN3O. The molecule has 1 aliphatic heterocycles. The predicted molar refractivity (Wildman–Crippen MR) is 104 cm³/mol. The van der Waals surface area contributed by atoms with Crippen LogP contribution in [0.25, 0.3) is 0 Å². The van der Waals surface area contributed by atoms with Crippen LogP contribution in [-0.2, 0) is 4.79 Å². The highest BCUT2D eigenvalue weighted by Gasteiger charge is 2.33. The quantitative estimate of drug-likeness (QED) is 0.445. The van der Waals surface area contributed by atoms with Crippen molar-refractivity contribution in [3.8, 4) is 0 Å². The van der Waals surface area contributed by atoms with E-state index in [4.69, 9.17) is 11.6 Å². The molecule has 126 valence electrons. The average molecular weight is 352 g/mol. The summed E-state index contributed by atoms with van der Waals surface area (Å²) in [4.78, 5) is 14.4. The van der Waals surface area contributed by atoms with Gasteiger partial charge in [-0.1, -0.05) is 54.9 Å². The fraction of sp³-hybridized carbons (Fsp3) is 0.150.